The number of carbonyl (C=O) groups excluding carboxylic acids is 3. The molecule has 0 spiro atoms. The van der Waals surface area contributed by atoms with Gasteiger partial charge in [0.1, 0.15) is 13.1 Å². The first-order valence-electron chi connectivity index (χ1n) is 6.92. The fraction of sp³-hybridized carbons (Fsp3) is 0.357. The second-order valence-electron chi connectivity index (χ2n) is 4.93. The van der Waals surface area contributed by atoms with E-state index in [1.807, 2.05) is 0 Å². The quantitative estimate of drug-likeness (QED) is 0.842. The topological polar surface area (TPSA) is 78.5 Å². The summed E-state index contributed by atoms with van der Waals surface area (Å²) >= 11 is 1.11. The number of anilines is 1. The number of nitrogens with zero attached hydrogens (tertiary/aromatic N) is 1. The first-order chi connectivity index (χ1) is 11.3. The van der Waals surface area contributed by atoms with Crippen LogP contribution in [-0.4, -0.2) is 53.5 Å². The van der Waals surface area contributed by atoms with Crippen molar-refractivity contribution in [2.24, 2.45) is 0 Å². The molecule has 0 bridgehead atoms. The number of halogens is 3. The summed E-state index contributed by atoms with van der Waals surface area (Å²) in [6, 6.07) is 5.71. The Morgan fingerprint density at radius 1 is 1.25 bits per heavy atom. The molecule has 0 saturated carbocycles. The first kappa shape index (κ1) is 18.1. The summed E-state index contributed by atoms with van der Waals surface area (Å²) in [4.78, 5) is 36.6. The van der Waals surface area contributed by atoms with Crippen LogP contribution < -0.4 is 10.6 Å². The Hall–Kier alpha value is -2.23. The fourth-order valence-electron chi connectivity index (χ4n) is 2.00. The predicted molar refractivity (Wildman–Crippen MR) is 82.9 cm³/mol. The number of benzene rings is 1. The van der Waals surface area contributed by atoms with Crippen LogP contribution in [0, 0.1) is 0 Å². The summed E-state index contributed by atoms with van der Waals surface area (Å²) in [5, 5.41) is 3.99. The van der Waals surface area contributed by atoms with E-state index in [0.29, 0.717) is 12.3 Å². The molecule has 1 aromatic carbocycles. The van der Waals surface area contributed by atoms with Crippen molar-refractivity contribution in [2.75, 3.05) is 30.7 Å². The minimum Gasteiger partial charge on any atom is -0.343 e. The summed E-state index contributed by atoms with van der Waals surface area (Å²) in [5.41, 5.74) is -0.00121. The number of nitrogens with one attached hydrogen (secondary N) is 2. The molecule has 3 amide bonds. The van der Waals surface area contributed by atoms with Gasteiger partial charge in [0.2, 0.25) is 5.91 Å². The lowest BCUT2D eigenvalue weighted by molar-refractivity contribution is -0.123. The molecule has 0 radical (unpaired) electrons. The number of carbonyl (C=O) groups is 3. The first-order valence-corrected chi connectivity index (χ1v) is 7.90. The van der Waals surface area contributed by atoms with Crippen molar-refractivity contribution < 1.29 is 27.6 Å². The molecule has 2 N–H and O–H groups in total. The van der Waals surface area contributed by atoms with Gasteiger partial charge in [0.15, 0.2) is 0 Å². The number of hydrogen-bond donors (Lipinski definition) is 2. The fourth-order valence-corrected chi connectivity index (χ4v) is 2.82. The van der Waals surface area contributed by atoms with Crippen molar-refractivity contribution in [3.63, 3.8) is 0 Å². The van der Waals surface area contributed by atoms with Gasteiger partial charge < -0.3 is 15.5 Å². The maximum atomic E-state index is 12.2. The monoisotopic (exact) mass is 361 g/mol. The molecule has 24 heavy (non-hydrogen) atoms. The normalized spacial score (nSPS) is 14.6. The molecule has 1 aliphatic heterocycles. The number of hydrogen-bond acceptors (Lipinski definition) is 4. The van der Waals surface area contributed by atoms with Crippen molar-refractivity contribution in [1.29, 1.82) is 0 Å². The van der Waals surface area contributed by atoms with E-state index in [0.717, 1.165) is 11.8 Å². The second kappa shape index (κ2) is 7.56. The number of alkyl halides is 3. The van der Waals surface area contributed by atoms with E-state index < -0.39 is 24.5 Å². The van der Waals surface area contributed by atoms with Crippen LogP contribution in [0.3, 0.4) is 0 Å². The number of thioether (sulfide) groups is 1. The van der Waals surface area contributed by atoms with Gasteiger partial charge in [0, 0.05) is 12.3 Å². The number of para-hydroxylation sites is 1. The number of rotatable bonds is 5. The Morgan fingerprint density at radius 3 is 2.58 bits per heavy atom. The molecule has 0 aromatic heterocycles. The highest BCUT2D eigenvalue weighted by Gasteiger charge is 2.28. The zero-order valence-electron chi connectivity index (χ0n) is 12.4. The maximum absolute atomic E-state index is 12.2. The van der Waals surface area contributed by atoms with Gasteiger partial charge in [0.25, 0.3) is 11.1 Å². The molecule has 1 aromatic rings. The molecule has 0 aliphatic carbocycles. The zero-order valence-corrected chi connectivity index (χ0v) is 13.2. The SMILES string of the molecule is O=C(CN1CCSC1=O)Nc1ccccc1C(=O)NCC(F)(F)F. The van der Waals surface area contributed by atoms with Gasteiger partial charge in [0.05, 0.1) is 11.3 Å². The van der Waals surface area contributed by atoms with Crippen LogP contribution in [0.4, 0.5) is 23.7 Å². The number of amides is 3. The zero-order chi connectivity index (χ0) is 17.7. The van der Waals surface area contributed by atoms with Crippen molar-refractivity contribution >= 4 is 34.5 Å². The van der Waals surface area contributed by atoms with Crippen LogP contribution >= 0.6 is 11.8 Å². The third-order valence-electron chi connectivity index (χ3n) is 3.07. The van der Waals surface area contributed by atoms with E-state index >= 15 is 0 Å². The Bertz CT molecular complexity index is 652. The lowest BCUT2D eigenvalue weighted by Gasteiger charge is -2.16. The molecule has 0 unspecified atom stereocenters. The lowest BCUT2D eigenvalue weighted by atomic mass is 10.1. The Kier molecular flexibility index (Phi) is 5.71. The van der Waals surface area contributed by atoms with Crippen molar-refractivity contribution in [3.05, 3.63) is 29.8 Å². The molecule has 2 rings (SSSR count). The summed E-state index contributed by atoms with van der Waals surface area (Å²) < 4.78 is 36.5. The standard InChI is InChI=1S/C14H14F3N3O3S/c15-14(16,17)8-18-12(22)9-3-1-2-4-10(9)19-11(21)7-20-5-6-24-13(20)23/h1-4H,5-8H2,(H,18,22)(H,19,21). The summed E-state index contributed by atoms with van der Waals surface area (Å²) in [7, 11) is 0. The van der Waals surface area contributed by atoms with Crippen LogP contribution in [0.2, 0.25) is 0 Å². The minimum absolute atomic E-state index is 0.0847. The molecular formula is C14H14F3N3O3S. The van der Waals surface area contributed by atoms with Crippen LogP contribution in [0.15, 0.2) is 24.3 Å². The largest absolute Gasteiger partial charge is 0.405 e. The van der Waals surface area contributed by atoms with E-state index in [4.69, 9.17) is 0 Å². The van der Waals surface area contributed by atoms with Gasteiger partial charge in [-0.3, -0.25) is 14.4 Å². The minimum atomic E-state index is -4.53. The molecule has 130 valence electrons. The third kappa shape index (κ3) is 5.15. The molecule has 0 atom stereocenters. The van der Waals surface area contributed by atoms with E-state index in [9.17, 15) is 27.6 Å². The van der Waals surface area contributed by atoms with E-state index in [-0.39, 0.29) is 23.0 Å². The van der Waals surface area contributed by atoms with Crippen LogP contribution in [0.1, 0.15) is 10.4 Å². The van der Waals surface area contributed by atoms with E-state index in [1.54, 1.807) is 5.32 Å². The molecular weight excluding hydrogens is 347 g/mol. The highest BCUT2D eigenvalue weighted by atomic mass is 32.2. The van der Waals surface area contributed by atoms with Gasteiger partial charge in [-0.15, -0.1) is 0 Å². The Balaban J connectivity index is 2.01. The predicted octanol–water partition coefficient (Wildman–Crippen LogP) is 2.09. The summed E-state index contributed by atoms with van der Waals surface area (Å²) in [6.45, 7) is -1.19. The van der Waals surface area contributed by atoms with Gasteiger partial charge >= 0.3 is 6.18 Å². The summed E-state index contributed by atoms with van der Waals surface area (Å²) in [6.07, 6.45) is -4.53. The van der Waals surface area contributed by atoms with Crippen LogP contribution in [0.25, 0.3) is 0 Å². The molecule has 6 nitrogen and oxygen atoms in total. The average molecular weight is 361 g/mol. The lowest BCUT2D eigenvalue weighted by Crippen LogP contribution is -2.35. The van der Waals surface area contributed by atoms with Crippen molar-refractivity contribution in [1.82, 2.24) is 10.2 Å². The summed E-state index contributed by atoms with van der Waals surface area (Å²) in [5.74, 6) is -0.874. The average Bonchev–Trinajstić information content (AvgIpc) is 2.89. The van der Waals surface area contributed by atoms with Crippen molar-refractivity contribution in [3.8, 4) is 0 Å². The smallest absolute Gasteiger partial charge is 0.343 e. The molecule has 1 heterocycles. The van der Waals surface area contributed by atoms with Crippen molar-refractivity contribution in [2.45, 2.75) is 6.18 Å². The van der Waals surface area contributed by atoms with E-state index in [1.165, 1.54) is 29.2 Å². The molecule has 1 aliphatic rings. The Labute approximate surface area is 139 Å². The van der Waals surface area contributed by atoms with Crippen LogP contribution in [-0.2, 0) is 4.79 Å². The van der Waals surface area contributed by atoms with Gasteiger partial charge in [-0.2, -0.15) is 13.2 Å². The molecule has 10 heteroatoms. The third-order valence-corrected chi connectivity index (χ3v) is 3.97. The highest BCUT2D eigenvalue weighted by molar-refractivity contribution is 8.13. The molecule has 1 saturated heterocycles. The van der Waals surface area contributed by atoms with E-state index in [2.05, 4.69) is 5.32 Å². The maximum Gasteiger partial charge on any atom is 0.405 e. The van der Waals surface area contributed by atoms with Gasteiger partial charge in [-0.25, -0.2) is 0 Å². The molecule has 1 fully saturated rings. The second-order valence-corrected chi connectivity index (χ2v) is 5.97. The van der Waals surface area contributed by atoms with Gasteiger partial charge in [-0.1, -0.05) is 23.9 Å². The Morgan fingerprint density at radius 2 is 1.96 bits per heavy atom. The van der Waals surface area contributed by atoms with Gasteiger partial charge in [-0.05, 0) is 12.1 Å². The van der Waals surface area contributed by atoms with Crippen LogP contribution in [0.5, 0.6) is 0 Å². The highest BCUT2D eigenvalue weighted by Crippen LogP contribution is 2.19.